The van der Waals surface area contributed by atoms with E-state index >= 15 is 0 Å². The Kier molecular flexibility index (Phi) is 8.10. The smallest absolute Gasteiger partial charge is 0.145 e. The minimum Gasteiger partial charge on any atom is -0.404 e. The van der Waals surface area contributed by atoms with Crippen molar-refractivity contribution in [3.05, 3.63) is 199 Å². The van der Waals surface area contributed by atoms with Gasteiger partial charge in [-0.25, -0.2) is 9.97 Å². The molecule has 0 saturated heterocycles. The first-order valence-corrected chi connectivity index (χ1v) is 18.9. The molecule has 0 aliphatic heterocycles. The monoisotopic (exact) mass is 720 g/mol. The Balaban J connectivity index is 1.13. The summed E-state index contributed by atoms with van der Waals surface area (Å²) < 4.78 is 4.53. The molecule has 0 amide bonds. The normalized spacial score (nSPS) is 13.1. The standard InChI is InChI=1S/C50H36N6/c1-2-33(31-51)34-11-3-4-12-35(27-34)36-20-22-47-45(28-36)43-18-9-25-53-49(43)55(47)39-14-7-15-40(30-39)56-48-23-21-37(29-46(48)44-19-10-26-54-50(44)56)41-16-5-6-17-42(41)38-13-8-24-52-32-38/h3-26,28-32H,2,51H2,1H3/b33-31+. The average Bonchev–Trinajstić information content (AvgIpc) is 3.65. The number of nitrogens with two attached hydrogens (primary N) is 1. The van der Waals surface area contributed by atoms with Crippen LogP contribution in [-0.4, -0.2) is 24.1 Å². The first-order chi connectivity index (χ1) is 27.7. The van der Waals surface area contributed by atoms with E-state index in [1.165, 1.54) is 0 Å². The minimum atomic E-state index is 0.834. The number of fused-ring (bicyclic) bond motifs is 6. The molecule has 0 saturated carbocycles. The first-order valence-electron chi connectivity index (χ1n) is 18.9. The van der Waals surface area contributed by atoms with E-state index in [4.69, 9.17) is 15.7 Å². The molecule has 1 aliphatic rings. The van der Waals surface area contributed by atoms with Gasteiger partial charge in [0.15, 0.2) is 0 Å². The highest BCUT2D eigenvalue weighted by molar-refractivity contribution is 6.10. The van der Waals surface area contributed by atoms with Crippen molar-refractivity contribution < 1.29 is 0 Å². The van der Waals surface area contributed by atoms with Gasteiger partial charge in [-0.1, -0.05) is 67.6 Å². The molecule has 266 valence electrons. The molecular weight excluding hydrogens is 685 g/mol. The molecule has 0 bridgehead atoms. The van der Waals surface area contributed by atoms with Crippen molar-refractivity contribution >= 4 is 49.4 Å². The Morgan fingerprint density at radius 1 is 0.607 bits per heavy atom. The zero-order chi connectivity index (χ0) is 37.6. The van der Waals surface area contributed by atoms with Gasteiger partial charge in [-0.05, 0) is 125 Å². The van der Waals surface area contributed by atoms with Crippen molar-refractivity contribution in [3.63, 3.8) is 0 Å². The molecule has 10 rings (SSSR count). The Bertz CT molecular complexity index is 3170. The third-order valence-electron chi connectivity index (χ3n) is 10.8. The number of pyridine rings is 3. The Hall–Kier alpha value is -7.53. The van der Waals surface area contributed by atoms with Gasteiger partial charge in [0.05, 0.1) is 11.0 Å². The Morgan fingerprint density at radius 3 is 1.88 bits per heavy atom. The molecule has 0 fully saturated rings. The van der Waals surface area contributed by atoms with E-state index in [2.05, 4.69) is 148 Å². The van der Waals surface area contributed by atoms with Gasteiger partial charge < -0.3 is 5.73 Å². The summed E-state index contributed by atoms with van der Waals surface area (Å²) in [4.78, 5) is 14.3. The van der Waals surface area contributed by atoms with E-state index in [0.29, 0.717) is 0 Å². The Morgan fingerprint density at radius 2 is 1.23 bits per heavy atom. The van der Waals surface area contributed by atoms with Crippen LogP contribution in [-0.2, 0) is 0 Å². The fraction of sp³-hybridized carbons (Fsp3) is 0.0400. The molecule has 0 atom stereocenters. The number of benzene rings is 4. The largest absolute Gasteiger partial charge is 0.404 e. The summed E-state index contributed by atoms with van der Waals surface area (Å²) in [6.07, 6.45) is 18.3. The summed E-state index contributed by atoms with van der Waals surface area (Å²) in [5, 5.41) is 4.46. The highest BCUT2D eigenvalue weighted by atomic mass is 15.1. The molecule has 0 spiro atoms. The third-order valence-corrected chi connectivity index (χ3v) is 10.8. The number of hydrogen-bond acceptors (Lipinski definition) is 4. The van der Waals surface area contributed by atoms with Crippen LogP contribution in [0.25, 0.3) is 83.1 Å². The first kappa shape index (κ1) is 33.1. The summed E-state index contributed by atoms with van der Waals surface area (Å²) in [5.41, 5.74) is 24.3. The van der Waals surface area contributed by atoms with Crippen LogP contribution in [0.1, 0.15) is 18.9 Å². The van der Waals surface area contributed by atoms with Crippen molar-refractivity contribution in [1.29, 1.82) is 0 Å². The highest BCUT2D eigenvalue weighted by Gasteiger charge is 2.19. The van der Waals surface area contributed by atoms with Crippen LogP contribution in [0.2, 0.25) is 0 Å². The number of allylic oxidation sites excluding steroid dienone is 6. The maximum atomic E-state index is 5.99. The van der Waals surface area contributed by atoms with Crippen LogP contribution in [0, 0.1) is 0 Å². The van der Waals surface area contributed by atoms with Gasteiger partial charge in [-0.3, -0.25) is 14.1 Å². The van der Waals surface area contributed by atoms with Crippen molar-refractivity contribution in [2.75, 3.05) is 0 Å². The Labute approximate surface area is 324 Å². The molecule has 5 heterocycles. The summed E-state index contributed by atoms with van der Waals surface area (Å²) in [6.45, 7) is 2.11. The van der Waals surface area contributed by atoms with Gasteiger partial charge in [-0.2, -0.15) is 0 Å². The zero-order valence-electron chi connectivity index (χ0n) is 30.8. The van der Waals surface area contributed by atoms with E-state index in [1.54, 1.807) is 6.20 Å². The zero-order valence-corrected chi connectivity index (χ0v) is 30.8. The predicted molar refractivity (Wildman–Crippen MR) is 231 cm³/mol. The lowest BCUT2D eigenvalue weighted by molar-refractivity contribution is 1.10. The number of rotatable bonds is 7. The highest BCUT2D eigenvalue weighted by Crippen LogP contribution is 2.39. The molecule has 6 nitrogen and oxygen atoms in total. The van der Waals surface area contributed by atoms with Gasteiger partial charge in [0.1, 0.15) is 11.3 Å². The number of hydrogen-bond donors (Lipinski definition) is 1. The van der Waals surface area contributed by atoms with E-state index in [1.807, 2.05) is 49.1 Å². The van der Waals surface area contributed by atoms with Crippen LogP contribution < -0.4 is 5.73 Å². The number of aromatic nitrogens is 5. The number of nitrogens with zero attached hydrogens (tertiary/aromatic N) is 5. The maximum Gasteiger partial charge on any atom is 0.145 e. The van der Waals surface area contributed by atoms with E-state index in [9.17, 15) is 0 Å². The van der Waals surface area contributed by atoms with Crippen LogP contribution in [0.4, 0.5) is 0 Å². The van der Waals surface area contributed by atoms with Crippen LogP contribution >= 0.6 is 0 Å². The van der Waals surface area contributed by atoms with Crippen molar-refractivity contribution in [2.24, 2.45) is 5.73 Å². The molecule has 6 heteroatoms. The van der Waals surface area contributed by atoms with Crippen molar-refractivity contribution in [3.8, 4) is 33.6 Å². The second-order valence-corrected chi connectivity index (χ2v) is 13.9. The molecule has 0 unspecified atom stereocenters. The van der Waals surface area contributed by atoms with Gasteiger partial charge in [0.2, 0.25) is 0 Å². The summed E-state index contributed by atoms with van der Waals surface area (Å²) in [6, 6.07) is 43.0. The lowest BCUT2D eigenvalue weighted by atomic mass is 9.94. The summed E-state index contributed by atoms with van der Waals surface area (Å²) >= 11 is 0. The fourth-order valence-corrected chi connectivity index (χ4v) is 8.12. The molecule has 5 aromatic heterocycles. The summed E-state index contributed by atoms with van der Waals surface area (Å²) in [7, 11) is 0. The average molecular weight is 721 g/mol. The molecular formula is C50H36N6. The maximum absolute atomic E-state index is 5.99. The lowest BCUT2D eigenvalue weighted by Gasteiger charge is -2.13. The van der Waals surface area contributed by atoms with Crippen molar-refractivity contribution in [2.45, 2.75) is 13.3 Å². The van der Waals surface area contributed by atoms with Gasteiger partial charge in [-0.15, -0.1) is 5.73 Å². The second-order valence-electron chi connectivity index (χ2n) is 13.9. The van der Waals surface area contributed by atoms with Crippen LogP contribution in [0.5, 0.6) is 0 Å². The van der Waals surface area contributed by atoms with Gasteiger partial charge in [0, 0.05) is 74.4 Å². The van der Waals surface area contributed by atoms with Crippen LogP contribution in [0.15, 0.2) is 193 Å². The predicted octanol–water partition coefficient (Wildman–Crippen LogP) is 11.7. The molecule has 56 heavy (non-hydrogen) atoms. The molecule has 9 aromatic rings. The topological polar surface area (TPSA) is 74.5 Å². The van der Waals surface area contributed by atoms with E-state index in [-0.39, 0.29) is 0 Å². The quantitative estimate of drug-likeness (QED) is 0.166. The summed E-state index contributed by atoms with van der Waals surface area (Å²) in [5.74, 6) is 0. The van der Waals surface area contributed by atoms with Gasteiger partial charge >= 0.3 is 0 Å². The fourth-order valence-electron chi connectivity index (χ4n) is 8.12. The second kappa shape index (κ2) is 13.7. The van der Waals surface area contributed by atoms with E-state index < -0.39 is 0 Å². The SMILES string of the molecule is CC/C(=C\N)C1=C=C(c2ccc3c(c2)c2cccnc2n3-c2cccc(-n3c4ccc(-c5ccccc5-c5cccnc5)cc4c4cccnc43)c2)C=CC=C1. The molecule has 4 aromatic carbocycles. The van der Waals surface area contributed by atoms with Gasteiger partial charge in [0.25, 0.3) is 0 Å². The van der Waals surface area contributed by atoms with Crippen LogP contribution in [0.3, 0.4) is 0 Å². The molecule has 2 N–H and O–H groups in total. The molecule has 0 radical (unpaired) electrons. The molecule has 1 aliphatic carbocycles. The van der Waals surface area contributed by atoms with E-state index in [0.717, 1.165) is 106 Å². The third kappa shape index (κ3) is 5.48. The minimum absolute atomic E-state index is 0.834. The lowest BCUT2D eigenvalue weighted by Crippen LogP contribution is -2.00. The van der Waals surface area contributed by atoms with Crippen molar-refractivity contribution in [1.82, 2.24) is 24.1 Å².